The maximum absolute atomic E-state index is 3.55. The van der Waals surface area contributed by atoms with Gasteiger partial charge in [0.05, 0.1) is 0 Å². The first kappa shape index (κ1) is 20.3. The van der Waals surface area contributed by atoms with E-state index >= 15 is 0 Å². The maximum Gasteiger partial charge on any atom is 3.00 e. The van der Waals surface area contributed by atoms with Crippen LogP contribution in [-0.4, -0.2) is 0 Å². The van der Waals surface area contributed by atoms with Crippen LogP contribution in [0.1, 0.15) is 52.4 Å². The molecule has 1 radical (unpaired) electrons. The van der Waals surface area contributed by atoms with E-state index in [2.05, 4.69) is 32.1 Å². The molecule has 0 atom stereocenters. The summed E-state index contributed by atoms with van der Waals surface area (Å²) < 4.78 is 0. The molecule has 2 rings (SSSR count). The standard InChI is InChI=1S/C14H21.2ClH.Zr/c1-12(2)14(10-6-3-7-11-14)13-8-4-5-9-13;;;/h4,8,12H,3,5-7,10-11H2,1-2H3;2*1H;/q-1;;;+3/p-2. The molecule has 0 unspecified atom stereocenters. The van der Waals surface area contributed by atoms with E-state index in [0.717, 1.165) is 12.3 Å². The van der Waals surface area contributed by atoms with Gasteiger partial charge in [-0.1, -0.05) is 33.1 Å². The zero-order chi connectivity index (χ0) is 10.0. The van der Waals surface area contributed by atoms with Crippen LogP contribution in [0.2, 0.25) is 0 Å². The first-order chi connectivity index (χ1) is 6.76. The van der Waals surface area contributed by atoms with Crippen molar-refractivity contribution in [3.8, 4) is 0 Å². The van der Waals surface area contributed by atoms with Gasteiger partial charge in [-0.2, -0.15) is 6.08 Å². The van der Waals surface area contributed by atoms with Crippen molar-refractivity contribution in [1.29, 1.82) is 0 Å². The normalized spacial score (nSPS) is 21.0. The van der Waals surface area contributed by atoms with E-state index in [9.17, 15) is 0 Å². The Kier molecular flexibility index (Phi) is 10.7. The van der Waals surface area contributed by atoms with Crippen LogP contribution in [-0.2, 0) is 26.2 Å². The Labute approximate surface area is 138 Å². The molecule has 17 heavy (non-hydrogen) atoms. The van der Waals surface area contributed by atoms with Gasteiger partial charge in [0.25, 0.3) is 0 Å². The fraction of sp³-hybridized carbons (Fsp3) is 0.714. The molecule has 0 aromatic carbocycles. The third-order valence-corrected chi connectivity index (χ3v) is 4.08. The fourth-order valence-corrected chi connectivity index (χ4v) is 3.09. The van der Waals surface area contributed by atoms with Crippen LogP contribution in [0.25, 0.3) is 0 Å². The number of hydrogen-bond acceptors (Lipinski definition) is 0. The minimum absolute atomic E-state index is 0. The molecule has 2 aliphatic carbocycles. The van der Waals surface area contributed by atoms with Crippen LogP contribution in [0.4, 0.5) is 0 Å². The molecular formula is C14H21Cl2Zr. The van der Waals surface area contributed by atoms with Crippen molar-refractivity contribution in [2.45, 2.75) is 52.4 Å². The van der Waals surface area contributed by atoms with E-state index in [1.54, 1.807) is 0 Å². The molecule has 0 amide bonds. The van der Waals surface area contributed by atoms with Gasteiger partial charge in [0.1, 0.15) is 0 Å². The van der Waals surface area contributed by atoms with E-state index < -0.39 is 0 Å². The van der Waals surface area contributed by atoms with Crippen molar-refractivity contribution in [1.82, 2.24) is 0 Å². The van der Waals surface area contributed by atoms with Crippen LogP contribution in [0.5, 0.6) is 0 Å². The molecule has 0 bridgehead atoms. The molecule has 0 saturated heterocycles. The Morgan fingerprint density at radius 2 is 1.71 bits per heavy atom. The van der Waals surface area contributed by atoms with Crippen molar-refractivity contribution in [3.05, 3.63) is 23.8 Å². The Hall–Kier alpha value is 0.943. The van der Waals surface area contributed by atoms with Crippen molar-refractivity contribution in [2.75, 3.05) is 0 Å². The van der Waals surface area contributed by atoms with Crippen LogP contribution in [0, 0.1) is 17.4 Å². The van der Waals surface area contributed by atoms with Crippen molar-refractivity contribution < 1.29 is 51.0 Å². The fourth-order valence-electron chi connectivity index (χ4n) is 3.09. The summed E-state index contributed by atoms with van der Waals surface area (Å²) in [5.41, 5.74) is 2.00. The molecule has 0 aliphatic heterocycles. The second-order valence-electron chi connectivity index (χ2n) is 5.07. The summed E-state index contributed by atoms with van der Waals surface area (Å²) in [5.74, 6) is 0.771. The second-order valence-corrected chi connectivity index (χ2v) is 5.07. The first-order valence-electron chi connectivity index (χ1n) is 6.03. The van der Waals surface area contributed by atoms with Gasteiger partial charge in [0, 0.05) is 0 Å². The molecule has 95 valence electrons. The summed E-state index contributed by atoms with van der Waals surface area (Å²) in [4.78, 5) is 0. The number of halogens is 2. The molecule has 2 aliphatic rings. The van der Waals surface area contributed by atoms with Gasteiger partial charge >= 0.3 is 26.2 Å². The van der Waals surface area contributed by atoms with Crippen LogP contribution < -0.4 is 24.8 Å². The van der Waals surface area contributed by atoms with Crippen LogP contribution >= 0.6 is 0 Å². The van der Waals surface area contributed by atoms with Gasteiger partial charge < -0.3 is 24.8 Å². The minimum atomic E-state index is 0. The van der Waals surface area contributed by atoms with E-state index in [4.69, 9.17) is 0 Å². The van der Waals surface area contributed by atoms with E-state index in [0.29, 0.717) is 5.41 Å². The van der Waals surface area contributed by atoms with E-state index in [1.807, 2.05) is 0 Å². The second kappa shape index (κ2) is 8.94. The Bertz CT molecular complexity index is 263. The molecule has 0 N–H and O–H groups in total. The Balaban J connectivity index is 0. The monoisotopic (exact) mass is 349 g/mol. The smallest absolute Gasteiger partial charge is 1.00 e. The third kappa shape index (κ3) is 4.22. The molecule has 0 aromatic rings. The molecule has 0 heterocycles. The van der Waals surface area contributed by atoms with Gasteiger partial charge in [-0.05, 0) is 24.2 Å². The predicted octanol–water partition coefficient (Wildman–Crippen LogP) is -1.71. The minimum Gasteiger partial charge on any atom is -1.00 e. The summed E-state index contributed by atoms with van der Waals surface area (Å²) >= 11 is 0. The largest absolute Gasteiger partial charge is 3.00 e. The van der Waals surface area contributed by atoms with Crippen LogP contribution in [0.15, 0.2) is 17.7 Å². The molecule has 1 saturated carbocycles. The number of rotatable bonds is 2. The van der Waals surface area contributed by atoms with Crippen molar-refractivity contribution >= 4 is 0 Å². The van der Waals surface area contributed by atoms with Gasteiger partial charge in [-0.3, -0.25) is 6.08 Å². The number of allylic oxidation sites excluding steroid dienone is 4. The van der Waals surface area contributed by atoms with Gasteiger partial charge in [-0.25, -0.2) is 11.6 Å². The van der Waals surface area contributed by atoms with Crippen molar-refractivity contribution in [3.63, 3.8) is 0 Å². The Morgan fingerprint density at radius 1 is 1.12 bits per heavy atom. The zero-order valence-corrected chi connectivity index (χ0v) is 14.7. The van der Waals surface area contributed by atoms with Gasteiger partial charge in [-0.15, -0.1) is 6.42 Å². The molecule has 0 aromatic heterocycles. The topological polar surface area (TPSA) is 0 Å². The maximum atomic E-state index is 3.55. The average Bonchev–Trinajstić information content (AvgIpc) is 2.72. The van der Waals surface area contributed by atoms with Gasteiger partial charge in [0.2, 0.25) is 0 Å². The first-order valence-corrected chi connectivity index (χ1v) is 6.03. The molecule has 0 spiro atoms. The van der Waals surface area contributed by atoms with Crippen LogP contribution in [0.3, 0.4) is 0 Å². The third-order valence-electron chi connectivity index (χ3n) is 4.08. The summed E-state index contributed by atoms with van der Waals surface area (Å²) in [6, 6.07) is 0. The molecule has 0 nitrogen and oxygen atoms in total. The SMILES string of the molecule is CC(C)C1(C2=[C-]CC=C2)CCCCC1.[Cl-].[Cl-].[Zr+3]. The van der Waals surface area contributed by atoms with E-state index in [-0.39, 0.29) is 51.0 Å². The quantitative estimate of drug-likeness (QED) is 0.520. The summed E-state index contributed by atoms with van der Waals surface area (Å²) in [6.45, 7) is 4.76. The van der Waals surface area contributed by atoms with Gasteiger partial charge in [0.15, 0.2) is 0 Å². The van der Waals surface area contributed by atoms with Crippen molar-refractivity contribution in [2.24, 2.45) is 11.3 Å². The summed E-state index contributed by atoms with van der Waals surface area (Å²) in [5, 5.41) is 0. The van der Waals surface area contributed by atoms with E-state index in [1.165, 1.54) is 37.7 Å². The Morgan fingerprint density at radius 3 is 2.12 bits per heavy atom. The average molecular weight is 351 g/mol. The zero-order valence-electron chi connectivity index (χ0n) is 10.7. The molecular weight excluding hydrogens is 330 g/mol. The summed E-state index contributed by atoms with van der Waals surface area (Å²) in [6.07, 6.45) is 16.2. The molecule has 1 fully saturated rings. The summed E-state index contributed by atoms with van der Waals surface area (Å²) in [7, 11) is 0. The molecule has 3 heteroatoms. The predicted molar refractivity (Wildman–Crippen MR) is 60.9 cm³/mol. The number of hydrogen-bond donors (Lipinski definition) is 0.